The van der Waals surface area contributed by atoms with Crippen molar-refractivity contribution in [1.82, 2.24) is 15.5 Å². The van der Waals surface area contributed by atoms with Gasteiger partial charge in [0.1, 0.15) is 12.1 Å². The number of rotatable bonds is 15. The third kappa shape index (κ3) is 10.3. The summed E-state index contributed by atoms with van der Waals surface area (Å²) in [5, 5.41) is 14.5. The molecule has 1 aliphatic heterocycles. The highest BCUT2D eigenvalue weighted by Crippen LogP contribution is 2.13. The number of aliphatic carboxylic acids is 1. The number of carbonyl (C=O) groups excluding carboxylic acids is 4. The van der Waals surface area contributed by atoms with Crippen molar-refractivity contribution in [2.45, 2.75) is 77.3 Å². The van der Waals surface area contributed by atoms with Crippen molar-refractivity contribution in [1.29, 1.82) is 0 Å². The van der Waals surface area contributed by atoms with Gasteiger partial charge in [-0.25, -0.2) is 4.79 Å². The number of carbonyl (C=O) groups is 5. The molecule has 12 heteroatoms. The van der Waals surface area contributed by atoms with Crippen LogP contribution in [0.15, 0.2) is 4.99 Å². The second-order valence-corrected chi connectivity index (χ2v) is 8.39. The predicted molar refractivity (Wildman–Crippen MR) is 121 cm³/mol. The number of amides is 4. The molecule has 0 aromatic heterocycles. The van der Waals surface area contributed by atoms with Crippen LogP contribution in [-0.2, 0) is 24.0 Å². The highest BCUT2D eigenvalue weighted by Gasteiger charge is 2.29. The molecule has 0 radical (unpaired) electrons. The lowest BCUT2D eigenvalue weighted by atomic mass is 10.0. The van der Waals surface area contributed by atoms with E-state index in [4.69, 9.17) is 11.5 Å². The van der Waals surface area contributed by atoms with Gasteiger partial charge in [0.2, 0.25) is 23.6 Å². The number of guanidine groups is 1. The minimum absolute atomic E-state index is 0.0912. The van der Waals surface area contributed by atoms with Crippen LogP contribution in [0.5, 0.6) is 0 Å². The Balaban J connectivity index is 2.44. The Bertz CT molecular complexity index is 734. The molecule has 33 heavy (non-hydrogen) atoms. The number of nitrogens with zero attached hydrogens (tertiary/aromatic N) is 2. The third-order valence-corrected chi connectivity index (χ3v) is 5.27. The molecule has 2 atom stereocenters. The van der Waals surface area contributed by atoms with Gasteiger partial charge < -0.3 is 27.2 Å². The van der Waals surface area contributed by atoms with Gasteiger partial charge in [-0.1, -0.05) is 20.3 Å². The Morgan fingerprint density at radius 3 is 2.21 bits per heavy atom. The van der Waals surface area contributed by atoms with Gasteiger partial charge in [-0.3, -0.25) is 29.1 Å². The molecule has 0 unspecified atom stereocenters. The minimum atomic E-state index is -1.18. The fourth-order valence-corrected chi connectivity index (χ4v) is 3.41. The van der Waals surface area contributed by atoms with Crippen LogP contribution in [0.3, 0.4) is 0 Å². The third-order valence-electron chi connectivity index (χ3n) is 5.27. The maximum atomic E-state index is 12.6. The number of aliphatic imine (C=N–C) groups is 1. The molecule has 1 aliphatic rings. The van der Waals surface area contributed by atoms with Crippen LogP contribution in [0.25, 0.3) is 0 Å². The number of hydrogen-bond donors (Lipinski definition) is 5. The molecule has 1 rings (SSSR count). The summed E-state index contributed by atoms with van der Waals surface area (Å²) >= 11 is 0. The molecule has 1 saturated heterocycles. The van der Waals surface area contributed by atoms with Crippen LogP contribution >= 0.6 is 0 Å². The summed E-state index contributed by atoms with van der Waals surface area (Å²) in [5.74, 6) is -2.73. The van der Waals surface area contributed by atoms with E-state index in [1.807, 2.05) is 0 Å². The summed E-state index contributed by atoms with van der Waals surface area (Å²) in [6, 6.07) is -2.00. The fourth-order valence-electron chi connectivity index (χ4n) is 3.41. The maximum Gasteiger partial charge on any atom is 0.326 e. The maximum absolute atomic E-state index is 12.6. The number of nitrogens with one attached hydrogen (secondary N) is 2. The summed E-state index contributed by atoms with van der Waals surface area (Å²) in [4.78, 5) is 64.6. The van der Waals surface area contributed by atoms with E-state index in [1.54, 1.807) is 13.8 Å². The fraction of sp³-hybridized carbons (Fsp3) is 0.714. The average molecular weight is 469 g/mol. The molecule has 0 aromatic rings. The van der Waals surface area contributed by atoms with E-state index in [2.05, 4.69) is 15.6 Å². The Hall–Kier alpha value is -3.18. The van der Waals surface area contributed by atoms with Crippen molar-refractivity contribution in [2.75, 3.05) is 13.1 Å². The first kappa shape index (κ1) is 27.9. The van der Waals surface area contributed by atoms with Crippen molar-refractivity contribution >= 4 is 35.6 Å². The van der Waals surface area contributed by atoms with Gasteiger partial charge in [0.25, 0.3) is 0 Å². The molecule has 7 N–H and O–H groups in total. The number of nitrogens with two attached hydrogens (primary N) is 2. The zero-order chi connectivity index (χ0) is 25.0. The van der Waals surface area contributed by atoms with Crippen LogP contribution in [0.4, 0.5) is 0 Å². The van der Waals surface area contributed by atoms with Gasteiger partial charge >= 0.3 is 5.97 Å². The number of hydrogen-bond acceptors (Lipinski definition) is 6. The number of unbranched alkanes of at least 4 members (excludes halogenated alkanes) is 2. The largest absolute Gasteiger partial charge is 0.480 e. The van der Waals surface area contributed by atoms with Crippen LogP contribution in [0, 0.1) is 5.92 Å². The van der Waals surface area contributed by atoms with E-state index in [9.17, 15) is 29.1 Å². The van der Waals surface area contributed by atoms with Crippen LogP contribution in [-0.4, -0.2) is 70.7 Å². The van der Waals surface area contributed by atoms with Gasteiger partial charge in [0.05, 0.1) is 0 Å². The van der Waals surface area contributed by atoms with Crippen LogP contribution in [0.1, 0.15) is 65.2 Å². The Morgan fingerprint density at radius 1 is 1.03 bits per heavy atom. The molecular formula is C21H36N6O6. The van der Waals surface area contributed by atoms with Gasteiger partial charge in [0.15, 0.2) is 5.96 Å². The zero-order valence-corrected chi connectivity index (χ0v) is 19.3. The molecule has 1 heterocycles. The van der Waals surface area contributed by atoms with Crippen LogP contribution in [0.2, 0.25) is 0 Å². The molecule has 0 saturated carbocycles. The Morgan fingerprint density at radius 2 is 1.67 bits per heavy atom. The molecule has 0 aliphatic carbocycles. The second kappa shape index (κ2) is 14.1. The van der Waals surface area contributed by atoms with E-state index in [0.717, 1.165) is 0 Å². The summed E-state index contributed by atoms with van der Waals surface area (Å²) in [7, 11) is 0. The standard InChI is InChI=1S/C21H36N6O6/c1-13(2)18(19(31)25-14(20(32)33)7-6-11-24-21(22)23)26-15(28)8-4-3-5-12-27-16(29)9-10-17(27)30/h13-14,18H,3-12H2,1-2H3,(H,25,31)(H,26,28)(H,32,33)(H4,22,23,24)/t14-,18-/m0/s1. The van der Waals surface area contributed by atoms with E-state index in [0.29, 0.717) is 32.2 Å². The number of likely N-dealkylation sites (tertiary alicyclic amines) is 1. The second-order valence-electron chi connectivity index (χ2n) is 8.39. The van der Waals surface area contributed by atoms with E-state index >= 15 is 0 Å². The first-order chi connectivity index (χ1) is 15.5. The topological polar surface area (TPSA) is 197 Å². The van der Waals surface area contributed by atoms with Crippen molar-refractivity contribution < 1.29 is 29.1 Å². The average Bonchev–Trinajstić information content (AvgIpc) is 3.05. The molecule has 0 spiro atoms. The normalized spacial score (nSPS) is 15.3. The summed E-state index contributed by atoms with van der Waals surface area (Å²) < 4.78 is 0. The molecular weight excluding hydrogens is 432 g/mol. The number of carboxylic acids is 1. The highest BCUT2D eigenvalue weighted by molar-refractivity contribution is 6.01. The predicted octanol–water partition coefficient (Wildman–Crippen LogP) is -0.540. The highest BCUT2D eigenvalue weighted by atomic mass is 16.4. The molecule has 12 nitrogen and oxygen atoms in total. The van der Waals surface area contributed by atoms with Gasteiger partial charge in [0, 0.05) is 32.4 Å². The minimum Gasteiger partial charge on any atom is -0.480 e. The quantitative estimate of drug-likeness (QED) is 0.0913. The van der Waals surface area contributed by atoms with Gasteiger partial charge in [-0.15, -0.1) is 0 Å². The van der Waals surface area contributed by atoms with E-state index in [1.165, 1.54) is 4.90 Å². The lowest BCUT2D eigenvalue weighted by Gasteiger charge is -2.24. The Kier molecular flexibility index (Phi) is 11.9. The smallest absolute Gasteiger partial charge is 0.326 e. The zero-order valence-electron chi connectivity index (χ0n) is 19.3. The van der Waals surface area contributed by atoms with E-state index < -0.39 is 24.0 Å². The Labute approximate surface area is 193 Å². The summed E-state index contributed by atoms with van der Waals surface area (Å²) in [5.41, 5.74) is 10.5. The van der Waals surface area contributed by atoms with Crippen molar-refractivity contribution in [3.63, 3.8) is 0 Å². The lowest BCUT2D eigenvalue weighted by molar-refractivity contribution is -0.142. The van der Waals surface area contributed by atoms with Crippen molar-refractivity contribution in [2.24, 2.45) is 22.4 Å². The molecule has 0 bridgehead atoms. The first-order valence-electron chi connectivity index (χ1n) is 11.2. The molecule has 0 aromatic carbocycles. The van der Waals surface area contributed by atoms with E-state index in [-0.39, 0.29) is 61.8 Å². The summed E-state index contributed by atoms with van der Waals surface area (Å²) in [6.07, 6.45) is 3.01. The van der Waals surface area contributed by atoms with Gasteiger partial charge in [-0.05, 0) is 31.6 Å². The molecule has 4 amide bonds. The number of carboxylic acid groups (broad SMARTS) is 1. The van der Waals surface area contributed by atoms with Crippen molar-refractivity contribution in [3.05, 3.63) is 0 Å². The monoisotopic (exact) mass is 468 g/mol. The SMILES string of the molecule is CC(C)[C@H](NC(=O)CCCCCN1C(=O)CCC1=O)C(=O)N[C@@H](CCCN=C(N)N)C(=O)O. The molecule has 186 valence electrons. The first-order valence-corrected chi connectivity index (χ1v) is 11.2. The summed E-state index contributed by atoms with van der Waals surface area (Å²) in [6.45, 7) is 4.11. The van der Waals surface area contributed by atoms with Crippen molar-refractivity contribution in [3.8, 4) is 0 Å². The number of imide groups is 1. The van der Waals surface area contributed by atoms with Gasteiger partial charge in [-0.2, -0.15) is 0 Å². The van der Waals surface area contributed by atoms with Crippen LogP contribution < -0.4 is 22.1 Å². The molecule has 1 fully saturated rings. The lowest BCUT2D eigenvalue weighted by Crippen LogP contribution is -2.53.